The highest BCUT2D eigenvalue weighted by Crippen LogP contribution is 2.42. The Morgan fingerprint density at radius 3 is 2.48 bits per heavy atom. The predicted octanol–water partition coefficient (Wildman–Crippen LogP) is 5.63. The molecule has 0 aliphatic carbocycles. The topological polar surface area (TPSA) is 125 Å². The van der Waals surface area contributed by atoms with Gasteiger partial charge in [0.1, 0.15) is 27.0 Å². The van der Waals surface area contributed by atoms with Gasteiger partial charge in [-0.3, -0.25) is 13.9 Å². The number of aromatic nitrogens is 2. The summed E-state index contributed by atoms with van der Waals surface area (Å²) in [5.41, 5.74) is 3.73. The van der Waals surface area contributed by atoms with Crippen LogP contribution in [0.3, 0.4) is 0 Å². The molecule has 0 saturated carbocycles. The van der Waals surface area contributed by atoms with Crippen LogP contribution in [0.4, 0.5) is 10.1 Å². The number of sulfonamides is 1. The molecule has 9 nitrogen and oxygen atoms in total. The van der Waals surface area contributed by atoms with E-state index in [-0.39, 0.29) is 22.5 Å². The van der Waals surface area contributed by atoms with E-state index in [0.29, 0.717) is 43.1 Å². The van der Waals surface area contributed by atoms with Crippen molar-refractivity contribution < 1.29 is 22.0 Å². The van der Waals surface area contributed by atoms with Crippen LogP contribution in [0.2, 0.25) is 0 Å². The van der Waals surface area contributed by atoms with E-state index >= 15 is 0 Å². The first-order chi connectivity index (χ1) is 20.0. The largest absolute Gasteiger partial charge is 0.455 e. The number of H-pyrrole nitrogens is 1. The molecule has 12 heteroatoms. The van der Waals surface area contributed by atoms with Crippen LogP contribution in [0.15, 0.2) is 82.0 Å². The molecule has 3 aromatic carbocycles. The maximum Gasteiger partial charge on any atom is 0.255 e. The fraction of sp³-hybridized carbons (Fsp3) is 0.100. The summed E-state index contributed by atoms with van der Waals surface area (Å²) in [4.78, 5) is 33.0. The molecule has 0 spiro atoms. The number of anilines is 1. The molecule has 0 radical (unpaired) electrons. The van der Waals surface area contributed by atoms with E-state index in [1.807, 2.05) is 24.3 Å². The number of benzene rings is 3. The van der Waals surface area contributed by atoms with Crippen molar-refractivity contribution in [3.63, 3.8) is 0 Å². The summed E-state index contributed by atoms with van der Waals surface area (Å²) in [6.45, 7) is 0. The van der Waals surface area contributed by atoms with E-state index in [4.69, 9.17) is 4.42 Å². The first-order valence-electron chi connectivity index (χ1n) is 12.7. The Balaban J connectivity index is 1.60. The molecule has 212 valence electrons. The van der Waals surface area contributed by atoms with Gasteiger partial charge in [0, 0.05) is 48.3 Å². The van der Waals surface area contributed by atoms with Crippen molar-refractivity contribution in [3.05, 3.63) is 94.5 Å². The van der Waals surface area contributed by atoms with E-state index in [1.54, 1.807) is 18.2 Å². The minimum atomic E-state index is -3.69. The average Bonchev–Trinajstić information content (AvgIpc) is 3.56. The fourth-order valence-corrected chi connectivity index (χ4v) is 6.20. The number of rotatable bonds is 6. The Morgan fingerprint density at radius 2 is 1.76 bits per heavy atom. The molecule has 6 aromatic rings. The van der Waals surface area contributed by atoms with Crippen molar-refractivity contribution in [3.8, 4) is 33.0 Å². The minimum absolute atomic E-state index is 0.222. The lowest BCUT2D eigenvalue weighted by molar-refractivity contribution is 0.0964. The molecule has 6 rings (SSSR count). The molecule has 0 bridgehead atoms. The van der Waals surface area contributed by atoms with Crippen LogP contribution in [0, 0.1) is 5.82 Å². The zero-order chi connectivity index (χ0) is 29.8. The highest BCUT2D eigenvalue weighted by atomic mass is 32.2. The number of amides is 1. The fourth-order valence-electron chi connectivity index (χ4n) is 4.74. The van der Waals surface area contributed by atoms with Crippen molar-refractivity contribution in [1.82, 2.24) is 15.3 Å². The maximum absolute atomic E-state index is 13.7. The van der Waals surface area contributed by atoms with Gasteiger partial charge < -0.3 is 14.7 Å². The third-order valence-corrected chi connectivity index (χ3v) is 9.13. The van der Waals surface area contributed by atoms with Crippen LogP contribution in [0.1, 0.15) is 10.4 Å². The number of fused-ring (bicyclic) bond motifs is 2. The second-order valence-electron chi connectivity index (χ2n) is 9.62. The second kappa shape index (κ2) is 10.2. The molecule has 42 heavy (non-hydrogen) atoms. The van der Waals surface area contributed by atoms with Crippen molar-refractivity contribution in [2.45, 2.75) is 0 Å². The summed E-state index contributed by atoms with van der Waals surface area (Å²) in [5, 5.41) is 3.76. The van der Waals surface area contributed by atoms with Crippen LogP contribution in [0.25, 0.3) is 54.3 Å². The zero-order valence-corrected chi connectivity index (χ0v) is 24.2. The van der Waals surface area contributed by atoms with Crippen LogP contribution in [-0.4, -0.2) is 44.6 Å². The number of nitrogens with zero attached hydrogens (tertiary/aromatic N) is 2. The minimum Gasteiger partial charge on any atom is -0.455 e. The number of carbonyl (C=O) groups excluding carboxylic acids is 1. The summed E-state index contributed by atoms with van der Waals surface area (Å²) < 4.78 is 46.4. The van der Waals surface area contributed by atoms with Gasteiger partial charge in [-0.05, 0) is 48.0 Å². The number of furan rings is 1. The SMILES string of the molecule is CNC(=O)c1c(-c2ccc(F)cc2)oc2cc(N(C)S(C)(=O)=O)c(-c3cccc(-c4nc5ccc(=O)[nH]c5s4)c3)cc12. The molecule has 3 heterocycles. The van der Waals surface area contributed by atoms with Crippen molar-refractivity contribution in [2.24, 2.45) is 0 Å². The number of halogens is 1. The summed E-state index contributed by atoms with van der Waals surface area (Å²) in [6, 6.07) is 19.4. The van der Waals surface area contributed by atoms with Crippen molar-refractivity contribution >= 4 is 54.3 Å². The Kier molecular flexibility index (Phi) is 6.66. The van der Waals surface area contributed by atoms with Gasteiger partial charge in [-0.1, -0.05) is 29.5 Å². The lowest BCUT2D eigenvalue weighted by Gasteiger charge is -2.21. The highest BCUT2D eigenvalue weighted by molar-refractivity contribution is 7.92. The lowest BCUT2D eigenvalue weighted by atomic mass is 9.97. The molecule has 0 saturated heterocycles. The molecule has 0 aliphatic heterocycles. The molecule has 0 atom stereocenters. The lowest BCUT2D eigenvalue weighted by Crippen LogP contribution is -2.25. The Labute approximate surface area is 243 Å². The van der Waals surface area contributed by atoms with Crippen LogP contribution in [-0.2, 0) is 10.0 Å². The Hall–Kier alpha value is -4.81. The van der Waals surface area contributed by atoms with Gasteiger partial charge in [-0.15, -0.1) is 0 Å². The first kappa shape index (κ1) is 27.4. The smallest absolute Gasteiger partial charge is 0.255 e. The van der Waals surface area contributed by atoms with Crippen LogP contribution < -0.4 is 15.2 Å². The molecule has 0 aliphatic rings. The van der Waals surface area contributed by atoms with Gasteiger partial charge in [0.2, 0.25) is 15.6 Å². The van der Waals surface area contributed by atoms with Crippen LogP contribution in [0.5, 0.6) is 0 Å². The molecular formula is C30H23FN4O5S2. The number of thiazole rings is 1. The maximum atomic E-state index is 13.7. The van der Waals surface area contributed by atoms with E-state index in [9.17, 15) is 22.4 Å². The number of hydrogen-bond donors (Lipinski definition) is 2. The van der Waals surface area contributed by atoms with Gasteiger partial charge in [0.25, 0.3) is 5.91 Å². The van der Waals surface area contributed by atoms with Crippen molar-refractivity contribution in [2.75, 3.05) is 24.7 Å². The quantitative estimate of drug-likeness (QED) is 0.255. The molecular weight excluding hydrogens is 579 g/mol. The van der Waals surface area contributed by atoms with Gasteiger partial charge >= 0.3 is 0 Å². The number of nitrogens with one attached hydrogen (secondary N) is 2. The molecule has 0 fully saturated rings. The Morgan fingerprint density at radius 1 is 1.02 bits per heavy atom. The van der Waals surface area contributed by atoms with Gasteiger partial charge in [0.05, 0.1) is 23.0 Å². The van der Waals surface area contributed by atoms with E-state index in [1.165, 1.54) is 55.8 Å². The number of carbonyl (C=O) groups is 1. The van der Waals surface area contributed by atoms with Gasteiger partial charge in [0.15, 0.2) is 0 Å². The van der Waals surface area contributed by atoms with Crippen LogP contribution >= 0.6 is 11.3 Å². The summed E-state index contributed by atoms with van der Waals surface area (Å²) in [5.74, 6) is -0.623. The van der Waals surface area contributed by atoms with Gasteiger partial charge in [-0.2, -0.15) is 0 Å². The highest BCUT2D eigenvalue weighted by Gasteiger charge is 2.26. The van der Waals surface area contributed by atoms with E-state index in [2.05, 4.69) is 15.3 Å². The third kappa shape index (κ3) is 4.84. The second-order valence-corrected chi connectivity index (χ2v) is 12.6. The third-order valence-electron chi connectivity index (χ3n) is 6.91. The van der Waals surface area contributed by atoms with Crippen molar-refractivity contribution in [1.29, 1.82) is 0 Å². The normalized spacial score (nSPS) is 11.7. The standard InChI is InChI=1S/C30H23FN4O5S2/c1-32-28(37)26-21-14-20(17-5-4-6-18(13-17)29-33-22-11-12-25(36)34-30(22)41-29)23(35(2)42(3,38)39)15-24(21)40-27(26)16-7-9-19(31)10-8-16/h4-15H,1-3H3,(H,32,37)(H,34,36). The van der Waals surface area contributed by atoms with E-state index in [0.717, 1.165) is 16.1 Å². The number of hydrogen-bond acceptors (Lipinski definition) is 7. The summed E-state index contributed by atoms with van der Waals surface area (Å²) >= 11 is 1.33. The summed E-state index contributed by atoms with van der Waals surface area (Å²) in [7, 11) is -0.755. The number of pyridine rings is 1. The Bertz CT molecular complexity index is 2180. The average molecular weight is 603 g/mol. The predicted molar refractivity (Wildman–Crippen MR) is 163 cm³/mol. The van der Waals surface area contributed by atoms with E-state index < -0.39 is 21.7 Å². The molecule has 0 unspecified atom stereocenters. The molecule has 2 N–H and O–H groups in total. The number of aromatic amines is 1. The van der Waals surface area contributed by atoms with Gasteiger partial charge in [-0.25, -0.2) is 17.8 Å². The summed E-state index contributed by atoms with van der Waals surface area (Å²) in [6.07, 6.45) is 1.10. The molecule has 1 amide bonds. The first-order valence-corrected chi connectivity index (χ1v) is 15.3. The monoisotopic (exact) mass is 602 g/mol. The molecule has 3 aromatic heterocycles. The zero-order valence-electron chi connectivity index (χ0n) is 22.6.